The predicted octanol–water partition coefficient (Wildman–Crippen LogP) is 4.34. The minimum absolute atomic E-state index is 0.107. The van der Waals surface area contributed by atoms with Crippen LogP contribution in [0.25, 0.3) is 10.2 Å². The number of hydrogen-bond acceptors (Lipinski definition) is 6. The number of ether oxygens (including phenoxy) is 1. The fourth-order valence-electron chi connectivity index (χ4n) is 2.77. The number of nitrogens with zero attached hydrogens (tertiary/aromatic N) is 1. The molecule has 1 N–H and O–H groups in total. The summed E-state index contributed by atoms with van der Waals surface area (Å²) in [6.07, 6.45) is 0.117. The Hall–Kier alpha value is -2.38. The van der Waals surface area contributed by atoms with Crippen LogP contribution in [0.15, 0.2) is 54.6 Å². The zero-order valence-corrected chi connectivity index (χ0v) is 17.2. The van der Waals surface area contributed by atoms with Crippen molar-refractivity contribution in [1.29, 1.82) is 0 Å². The highest BCUT2D eigenvalue weighted by Crippen LogP contribution is 2.25. The van der Waals surface area contributed by atoms with E-state index in [0.717, 1.165) is 20.8 Å². The van der Waals surface area contributed by atoms with Crippen LogP contribution in [-0.4, -0.2) is 29.2 Å². The third-order valence-corrected chi connectivity index (χ3v) is 6.17. The molecule has 0 aliphatic heterocycles. The van der Waals surface area contributed by atoms with Gasteiger partial charge in [-0.1, -0.05) is 42.5 Å². The smallest absolute Gasteiger partial charge is 0.308 e. The zero-order chi connectivity index (χ0) is 19.8. The summed E-state index contributed by atoms with van der Waals surface area (Å²) in [4.78, 5) is 28.9. The molecule has 0 aliphatic carbocycles. The van der Waals surface area contributed by atoms with Crippen LogP contribution in [0.1, 0.15) is 30.0 Å². The minimum atomic E-state index is -0.393. The Morgan fingerprint density at radius 1 is 1.14 bits per heavy atom. The quantitative estimate of drug-likeness (QED) is 0.528. The molecule has 0 fully saturated rings. The van der Waals surface area contributed by atoms with Crippen LogP contribution in [0.2, 0.25) is 0 Å². The van der Waals surface area contributed by atoms with Crippen molar-refractivity contribution in [3.63, 3.8) is 0 Å². The Balaban J connectivity index is 1.54. The topological polar surface area (TPSA) is 68.3 Å². The van der Waals surface area contributed by atoms with Crippen molar-refractivity contribution in [2.24, 2.45) is 0 Å². The lowest BCUT2D eigenvalue weighted by Crippen LogP contribution is -2.32. The molecule has 3 aromatic rings. The van der Waals surface area contributed by atoms with Gasteiger partial charge in [-0.2, -0.15) is 0 Å². The Labute approximate surface area is 172 Å². The van der Waals surface area contributed by atoms with Crippen LogP contribution in [0, 0.1) is 0 Å². The summed E-state index contributed by atoms with van der Waals surface area (Å²) in [5.74, 6) is 0.561. The molecular weight excluding hydrogens is 392 g/mol. The molecule has 0 saturated heterocycles. The largest absolute Gasteiger partial charge is 0.466 e. The molecule has 0 saturated carbocycles. The molecule has 0 aliphatic rings. The molecule has 2 aromatic carbocycles. The first-order valence-electron chi connectivity index (χ1n) is 9.08. The van der Waals surface area contributed by atoms with E-state index in [1.165, 1.54) is 11.8 Å². The van der Waals surface area contributed by atoms with Gasteiger partial charge in [0.25, 0.3) is 0 Å². The number of thiazole rings is 1. The standard InChI is InChI=1S/C21H22N2O3S2/c1-2-26-21(25)12-17(15-8-4-3-5-9-15)22-19(24)13-27-14-20-23-16-10-6-7-11-18(16)28-20/h3-11,17H,2,12-14H2,1H3,(H,22,24). The summed E-state index contributed by atoms with van der Waals surface area (Å²) in [5.41, 5.74) is 1.88. The van der Waals surface area contributed by atoms with E-state index < -0.39 is 6.04 Å². The molecule has 146 valence electrons. The van der Waals surface area contributed by atoms with Crippen LogP contribution in [0.5, 0.6) is 0 Å². The van der Waals surface area contributed by atoms with E-state index in [1.807, 2.05) is 54.6 Å². The van der Waals surface area contributed by atoms with Gasteiger partial charge in [-0.3, -0.25) is 9.59 Å². The average Bonchev–Trinajstić information content (AvgIpc) is 3.11. The third kappa shape index (κ3) is 5.81. The van der Waals surface area contributed by atoms with Crippen molar-refractivity contribution in [2.75, 3.05) is 12.4 Å². The first kappa shape index (κ1) is 20.4. The normalized spacial score (nSPS) is 11.9. The van der Waals surface area contributed by atoms with Gasteiger partial charge in [0.05, 0.1) is 35.0 Å². The predicted molar refractivity (Wildman–Crippen MR) is 114 cm³/mol. The number of aromatic nitrogens is 1. The van der Waals surface area contributed by atoms with Crippen molar-refractivity contribution in [1.82, 2.24) is 10.3 Å². The number of fused-ring (bicyclic) bond motifs is 1. The van der Waals surface area contributed by atoms with Gasteiger partial charge in [-0.15, -0.1) is 23.1 Å². The third-order valence-electron chi connectivity index (χ3n) is 4.01. The van der Waals surface area contributed by atoms with Crippen molar-refractivity contribution in [3.8, 4) is 0 Å². The van der Waals surface area contributed by atoms with Crippen molar-refractivity contribution in [2.45, 2.75) is 25.1 Å². The second-order valence-corrected chi connectivity index (χ2v) is 8.21. The molecule has 1 amide bonds. The van der Waals surface area contributed by atoms with E-state index >= 15 is 0 Å². The molecule has 0 radical (unpaired) electrons. The van der Waals surface area contributed by atoms with Gasteiger partial charge in [0.15, 0.2) is 0 Å². The molecule has 28 heavy (non-hydrogen) atoms. The first-order chi connectivity index (χ1) is 13.7. The van der Waals surface area contributed by atoms with E-state index in [9.17, 15) is 9.59 Å². The summed E-state index contributed by atoms with van der Waals surface area (Å²) in [5, 5.41) is 3.96. The summed E-state index contributed by atoms with van der Waals surface area (Å²) < 4.78 is 6.19. The van der Waals surface area contributed by atoms with E-state index in [1.54, 1.807) is 18.3 Å². The van der Waals surface area contributed by atoms with Gasteiger partial charge >= 0.3 is 5.97 Å². The number of benzene rings is 2. The number of nitrogens with one attached hydrogen (secondary N) is 1. The van der Waals surface area contributed by atoms with Crippen LogP contribution in [0.3, 0.4) is 0 Å². The fraction of sp³-hybridized carbons (Fsp3) is 0.286. The van der Waals surface area contributed by atoms with Crippen molar-refractivity contribution >= 4 is 45.2 Å². The molecule has 1 aromatic heterocycles. The molecule has 0 spiro atoms. The van der Waals surface area contributed by atoms with Gasteiger partial charge in [0, 0.05) is 5.75 Å². The van der Waals surface area contributed by atoms with E-state index in [-0.39, 0.29) is 18.3 Å². The SMILES string of the molecule is CCOC(=O)CC(NC(=O)CSCc1nc2ccccc2s1)c1ccccc1. The number of amides is 1. The lowest BCUT2D eigenvalue weighted by molar-refractivity contribution is -0.143. The highest BCUT2D eigenvalue weighted by molar-refractivity contribution is 7.99. The van der Waals surface area contributed by atoms with Crippen LogP contribution < -0.4 is 5.32 Å². The van der Waals surface area contributed by atoms with Crippen molar-refractivity contribution < 1.29 is 14.3 Å². The molecule has 5 nitrogen and oxygen atoms in total. The molecular formula is C21H22N2O3S2. The number of carbonyl (C=O) groups excluding carboxylic acids is 2. The monoisotopic (exact) mass is 414 g/mol. The second-order valence-electron chi connectivity index (χ2n) is 6.11. The Morgan fingerprint density at radius 3 is 2.64 bits per heavy atom. The second kappa shape index (κ2) is 10.2. The summed E-state index contributed by atoms with van der Waals surface area (Å²) in [6.45, 7) is 2.10. The molecule has 3 rings (SSSR count). The zero-order valence-electron chi connectivity index (χ0n) is 15.6. The number of para-hydroxylation sites is 1. The maximum Gasteiger partial charge on any atom is 0.308 e. The first-order valence-corrected chi connectivity index (χ1v) is 11.0. The van der Waals surface area contributed by atoms with Crippen molar-refractivity contribution in [3.05, 3.63) is 65.2 Å². The number of esters is 1. The van der Waals surface area contributed by atoms with Gasteiger partial charge in [-0.25, -0.2) is 4.98 Å². The molecule has 7 heteroatoms. The molecule has 0 bridgehead atoms. The Bertz CT molecular complexity index is 895. The average molecular weight is 415 g/mol. The summed E-state index contributed by atoms with van der Waals surface area (Å²) in [6, 6.07) is 17.1. The summed E-state index contributed by atoms with van der Waals surface area (Å²) >= 11 is 3.16. The van der Waals surface area contributed by atoms with Crippen LogP contribution in [0.4, 0.5) is 0 Å². The lowest BCUT2D eigenvalue weighted by atomic mass is 10.0. The highest BCUT2D eigenvalue weighted by Gasteiger charge is 2.19. The number of carbonyl (C=O) groups is 2. The molecule has 1 atom stereocenters. The van der Waals surface area contributed by atoms with E-state index in [2.05, 4.69) is 10.3 Å². The molecule has 1 heterocycles. The minimum Gasteiger partial charge on any atom is -0.466 e. The number of thioether (sulfide) groups is 1. The number of rotatable bonds is 9. The molecule has 1 unspecified atom stereocenters. The lowest BCUT2D eigenvalue weighted by Gasteiger charge is -2.18. The van der Waals surface area contributed by atoms with E-state index in [4.69, 9.17) is 4.74 Å². The number of hydrogen-bond donors (Lipinski definition) is 1. The Kier molecular flexibility index (Phi) is 7.45. The van der Waals surface area contributed by atoms with Gasteiger partial charge in [-0.05, 0) is 24.6 Å². The summed E-state index contributed by atoms with van der Waals surface area (Å²) in [7, 11) is 0. The van der Waals surface area contributed by atoms with Crippen LogP contribution >= 0.6 is 23.1 Å². The maximum atomic E-state index is 12.4. The van der Waals surface area contributed by atoms with E-state index in [0.29, 0.717) is 18.1 Å². The maximum absolute atomic E-state index is 12.4. The Morgan fingerprint density at radius 2 is 1.89 bits per heavy atom. The van der Waals surface area contributed by atoms with Gasteiger partial charge < -0.3 is 10.1 Å². The highest BCUT2D eigenvalue weighted by atomic mass is 32.2. The fourth-order valence-corrected chi connectivity index (χ4v) is 4.63. The van der Waals surface area contributed by atoms with Gasteiger partial charge in [0.1, 0.15) is 5.01 Å². The van der Waals surface area contributed by atoms with Crippen LogP contribution in [-0.2, 0) is 20.1 Å². The van der Waals surface area contributed by atoms with Gasteiger partial charge in [0.2, 0.25) is 5.91 Å².